The summed E-state index contributed by atoms with van der Waals surface area (Å²) in [5.41, 5.74) is 2.13. The van der Waals surface area contributed by atoms with E-state index >= 15 is 0 Å². The molecule has 0 amide bonds. The van der Waals surface area contributed by atoms with E-state index in [0.29, 0.717) is 12.0 Å². The van der Waals surface area contributed by atoms with Gasteiger partial charge in [0.05, 0.1) is 5.69 Å². The quantitative estimate of drug-likeness (QED) is 0.932. The largest absolute Gasteiger partial charge is 0.382 e. The third kappa shape index (κ3) is 2.66. The Hall–Kier alpha value is -1.91. The Morgan fingerprint density at radius 1 is 1.25 bits per heavy atom. The molecule has 1 N–H and O–H groups in total. The number of aromatic nitrogens is 4. The van der Waals surface area contributed by atoms with Crippen LogP contribution in [0.3, 0.4) is 0 Å². The molecule has 0 radical (unpaired) electrons. The molecule has 1 aliphatic rings. The van der Waals surface area contributed by atoms with Gasteiger partial charge >= 0.3 is 0 Å². The maximum Gasteiger partial charge on any atom is 0.143 e. The Kier molecular flexibility index (Phi) is 3.67. The fourth-order valence-electron chi connectivity index (χ4n) is 3.02. The van der Waals surface area contributed by atoms with Gasteiger partial charge in [-0.2, -0.15) is 0 Å². The van der Waals surface area contributed by atoms with Gasteiger partial charge in [0, 0.05) is 11.7 Å². The molecule has 0 aliphatic heterocycles. The third-order valence-electron chi connectivity index (χ3n) is 4.52. The maximum absolute atomic E-state index is 3.93. The van der Waals surface area contributed by atoms with Crippen molar-refractivity contribution in [2.24, 2.45) is 11.8 Å². The van der Waals surface area contributed by atoms with Gasteiger partial charge in [-0.25, -0.2) is 4.68 Å². The van der Waals surface area contributed by atoms with Crippen LogP contribution in [0.1, 0.15) is 33.1 Å². The molecule has 1 aromatic carbocycles. The lowest BCUT2D eigenvalue weighted by Gasteiger charge is -2.35. The SMILES string of the molecule is CC1CCCC(Nc2cccc(-n3cnnn3)c2)C1C. The summed E-state index contributed by atoms with van der Waals surface area (Å²) in [6.45, 7) is 4.71. The molecule has 106 valence electrons. The second kappa shape index (κ2) is 5.61. The smallest absolute Gasteiger partial charge is 0.143 e. The lowest BCUT2D eigenvalue weighted by atomic mass is 9.78. The van der Waals surface area contributed by atoms with Crippen molar-refractivity contribution in [1.29, 1.82) is 0 Å². The molecule has 3 atom stereocenters. The molecule has 0 saturated heterocycles. The first-order chi connectivity index (χ1) is 9.74. The van der Waals surface area contributed by atoms with E-state index in [1.165, 1.54) is 19.3 Å². The Balaban J connectivity index is 1.76. The van der Waals surface area contributed by atoms with E-state index in [2.05, 4.69) is 46.8 Å². The van der Waals surface area contributed by atoms with Crippen molar-refractivity contribution in [3.63, 3.8) is 0 Å². The summed E-state index contributed by atoms with van der Waals surface area (Å²) in [7, 11) is 0. The summed E-state index contributed by atoms with van der Waals surface area (Å²) >= 11 is 0. The molecule has 1 fully saturated rings. The van der Waals surface area contributed by atoms with Gasteiger partial charge in [0.15, 0.2) is 0 Å². The standard InChI is InChI=1S/C15H21N5/c1-11-5-3-8-15(12(11)2)17-13-6-4-7-14(9-13)20-10-16-18-19-20/h4,6-7,9-12,15,17H,3,5,8H2,1-2H3. The van der Waals surface area contributed by atoms with Crippen LogP contribution in [0.2, 0.25) is 0 Å². The van der Waals surface area contributed by atoms with Crippen molar-refractivity contribution in [3.8, 4) is 5.69 Å². The van der Waals surface area contributed by atoms with Crippen molar-refractivity contribution in [3.05, 3.63) is 30.6 Å². The van der Waals surface area contributed by atoms with Crippen LogP contribution in [-0.2, 0) is 0 Å². The van der Waals surface area contributed by atoms with Crippen molar-refractivity contribution in [2.75, 3.05) is 5.32 Å². The fourth-order valence-corrected chi connectivity index (χ4v) is 3.02. The summed E-state index contributed by atoms with van der Waals surface area (Å²) in [6.07, 6.45) is 5.53. The fraction of sp³-hybridized carbons (Fsp3) is 0.533. The zero-order valence-corrected chi connectivity index (χ0v) is 12.0. The third-order valence-corrected chi connectivity index (χ3v) is 4.52. The molecule has 1 aliphatic carbocycles. The maximum atomic E-state index is 3.93. The van der Waals surface area contributed by atoms with E-state index in [1.54, 1.807) is 11.0 Å². The summed E-state index contributed by atoms with van der Waals surface area (Å²) in [6, 6.07) is 8.82. The highest BCUT2D eigenvalue weighted by Crippen LogP contribution is 2.31. The van der Waals surface area contributed by atoms with Gasteiger partial charge in [0.2, 0.25) is 0 Å². The molecule has 0 spiro atoms. The van der Waals surface area contributed by atoms with Gasteiger partial charge in [-0.3, -0.25) is 0 Å². The zero-order valence-electron chi connectivity index (χ0n) is 12.0. The van der Waals surface area contributed by atoms with Crippen LogP contribution in [0.4, 0.5) is 5.69 Å². The van der Waals surface area contributed by atoms with E-state index in [0.717, 1.165) is 17.3 Å². The van der Waals surface area contributed by atoms with Crippen LogP contribution in [0.15, 0.2) is 30.6 Å². The highest BCUT2D eigenvalue weighted by molar-refractivity contribution is 5.51. The minimum Gasteiger partial charge on any atom is -0.382 e. The van der Waals surface area contributed by atoms with E-state index in [-0.39, 0.29) is 0 Å². The molecule has 5 nitrogen and oxygen atoms in total. The number of tetrazole rings is 1. The van der Waals surface area contributed by atoms with Crippen molar-refractivity contribution in [2.45, 2.75) is 39.2 Å². The first-order valence-corrected chi connectivity index (χ1v) is 7.34. The topological polar surface area (TPSA) is 55.6 Å². The predicted molar refractivity (Wildman–Crippen MR) is 78.7 cm³/mol. The lowest BCUT2D eigenvalue weighted by molar-refractivity contribution is 0.253. The summed E-state index contributed by atoms with van der Waals surface area (Å²) < 4.78 is 1.68. The van der Waals surface area contributed by atoms with Crippen LogP contribution in [0.5, 0.6) is 0 Å². The van der Waals surface area contributed by atoms with Crippen LogP contribution < -0.4 is 5.32 Å². The molecule has 1 saturated carbocycles. The highest BCUT2D eigenvalue weighted by atomic mass is 15.5. The second-order valence-electron chi connectivity index (χ2n) is 5.82. The lowest BCUT2D eigenvalue weighted by Crippen LogP contribution is -2.35. The Morgan fingerprint density at radius 3 is 2.95 bits per heavy atom. The first kappa shape index (κ1) is 13.1. The van der Waals surface area contributed by atoms with E-state index in [1.807, 2.05) is 12.1 Å². The molecule has 1 aromatic heterocycles. The molecule has 1 heterocycles. The van der Waals surface area contributed by atoms with Gasteiger partial charge in [0.25, 0.3) is 0 Å². The van der Waals surface area contributed by atoms with E-state index in [9.17, 15) is 0 Å². The van der Waals surface area contributed by atoms with Crippen LogP contribution in [0, 0.1) is 11.8 Å². The molecular weight excluding hydrogens is 250 g/mol. The number of hydrogen-bond acceptors (Lipinski definition) is 4. The van der Waals surface area contributed by atoms with Crippen LogP contribution in [0.25, 0.3) is 5.69 Å². The highest BCUT2D eigenvalue weighted by Gasteiger charge is 2.26. The molecule has 5 heteroatoms. The average Bonchev–Trinajstić information content (AvgIpc) is 2.98. The molecule has 2 aromatic rings. The average molecular weight is 271 g/mol. The van der Waals surface area contributed by atoms with Crippen molar-refractivity contribution in [1.82, 2.24) is 20.2 Å². The number of nitrogens with one attached hydrogen (secondary N) is 1. The van der Waals surface area contributed by atoms with Gasteiger partial charge in [-0.15, -0.1) is 5.10 Å². The number of nitrogens with zero attached hydrogens (tertiary/aromatic N) is 4. The van der Waals surface area contributed by atoms with E-state index in [4.69, 9.17) is 0 Å². The Bertz CT molecular complexity index is 551. The minimum absolute atomic E-state index is 0.558. The van der Waals surface area contributed by atoms with Crippen molar-refractivity contribution >= 4 is 5.69 Å². The monoisotopic (exact) mass is 271 g/mol. The van der Waals surface area contributed by atoms with E-state index < -0.39 is 0 Å². The van der Waals surface area contributed by atoms with Crippen LogP contribution >= 0.6 is 0 Å². The number of rotatable bonds is 3. The summed E-state index contributed by atoms with van der Waals surface area (Å²) in [4.78, 5) is 0. The molecule has 0 bridgehead atoms. The minimum atomic E-state index is 0.558. The van der Waals surface area contributed by atoms with Gasteiger partial charge < -0.3 is 5.32 Å². The zero-order chi connectivity index (χ0) is 13.9. The number of benzene rings is 1. The van der Waals surface area contributed by atoms with Gasteiger partial charge in [-0.05, 0) is 46.9 Å². The summed E-state index contributed by atoms with van der Waals surface area (Å²) in [5, 5.41) is 15.0. The molecule has 20 heavy (non-hydrogen) atoms. The van der Waals surface area contributed by atoms with Crippen LogP contribution in [-0.4, -0.2) is 26.2 Å². The first-order valence-electron chi connectivity index (χ1n) is 7.34. The molecule has 3 unspecified atom stereocenters. The van der Waals surface area contributed by atoms with Gasteiger partial charge in [0.1, 0.15) is 6.33 Å². The number of hydrogen-bond donors (Lipinski definition) is 1. The molecule has 3 rings (SSSR count). The van der Waals surface area contributed by atoms with Crippen molar-refractivity contribution < 1.29 is 0 Å². The van der Waals surface area contributed by atoms with Gasteiger partial charge in [-0.1, -0.05) is 32.8 Å². The second-order valence-corrected chi connectivity index (χ2v) is 5.82. The predicted octanol–water partition coefficient (Wildman–Crippen LogP) is 2.90. The number of anilines is 1. The Labute approximate surface area is 119 Å². The normalized spacial score (nSPS) is 26.4. The Morgan fingerprint density at radius 2 is 2.15 bits per heavy atom. The molecular formula is C15H21N5. The summed E-state index contributed by atoms with van der Waals surface area (Å²) in [5.74, 6) is 1.50.